The number of methoxy groups -OCH3 is 2. The number of pyridine rings is 1. The van der Waals surface area contributed by atoms with Crippen molar-refractivity contribution >= 4 is 11.8 Å². The SMILES string of the molecule is COc1ccc(CCNC(=O)[C@H]2CCC[C@H]2NC(=O)c2ccncc2)cc1OC. The molecule has 1 aromatic heterocycles. The van der Waals surface area contributed by atoms with Gasteiger partial charge in [-0.15, -0.1) is 0 Å². The molecule has 1 aliphatic carbocycles. The number of carbonyl (C=O) groups excluding carboxylic acids is 2. The number of ether oxygens (including phenoxy) is 2. The second-order valence-electron chi connectivity index (χ2n) is 7.08. The van der Waals surface area contributed by atoms with Gasteiger partial charge in [0.05, 0.1) is 20.1 Å². The van der Waals surface area contributed by atoms with Crippen LogP contribution in [-0.4, -0.2) is 43.6 Å². The minimum absolute atomic E-state index is 0.0111. The van der Waals surface area contributed by atoms with Crippen molar-refractivity contribution in [2.45, 2.75) is 31.7 Å². The van der Waals surface area contributed by atoms with E-state index in [1.165, 1.54) is 0 Å². The highest BCUT2D eigenvalue weighted by Gasteiger charge is 2.33. The first-order valence-corrected chi connectivity index (χ1v) is 9.82. The molecule has 1 saturated carbocycles. The van der Waals surface area contributed by atoms with Gasteiger partial charge in [0.2, 0.25) is 5.91 Å². The third-order valence-corrected chi connectivity index (χ3v) is 5.27. The molecule has 2 aromatic rings. The van der Waals surface area contributed by atoms with Crippen LogP contribution in [-0.2, 0) is 11.2 Å². The summed E-state index contributed by atoms with van der Waals surface area (Å²) in [7, 11) is 3.20. The van der Waals surface area contributed by atoms with Gasteiger partial charge in [0.15, 0.2) is 11.5 Å². The van der Waals surface area contributed by atoms with E-state index in [1.807, 2.05) is 18.2 Å². The van der Waals surface area contributed by atoms with Gasteiger partial charge in [-0.05, 0) is 49.1 Å². The van der Waals surface area contributed by atoms with Gasteiger partial charge in [-0.3, -0.25) is 14.6 Å². The third-order valence-electron chi connectivity index (χ3n) is 5.27. The van der Waals surface area contributed by atoms with Crippen LogP contribution in [0.25, 0.3) is 0 Å². The van der Waals surface area contributed by atoms with Crippen molar-refractivity contribution in [1.82, 2.24) is 15.6 Å². The summed E-state index contributed by atoms with van der Waals surface area (Å²) in [5.41, 5.74) is 1.61. The Balaban J connectivity index is 1.51. The lowest BCUT2D eigenvalue weighted by atomic mass is 10.0. The van der Waals surface area contributed by atoms with Crippen LogP contribution in [0.4, 0.5) is 0 Å². The second kappa shape index (κ2) is 9.91. The van der Waals surface area contributed by atoms with Crippen LogP contribution in [0, 0.1) is 5.92 Å². The quantitative estimate of drug-likeness (QED) is 0.714. The molecule has 29 heavy (non-hydrogen) atoms. The number of amides is 2. The molecule has 3 rings (SSSR count). The summed E-state index contributed by atoms with van der Waals surface area (Å²) >= 11 is 0. The minimum Gasteiger partial charge on any atom is -0.493 e. The van der Waals surface area contributed by atoms with Crippen LogP contribution in [0.2, 0.25) is 0 Å². The van der Waals surface area contributed by atoms with E-state index < -0.39 is 0 Å². The molecule has 2 amide bonds. The Bertz CT molecular complexity index is 841. The normalized spacial score (nSPS) is 18.1. The zero-order valence-corrected chi connectivity index (χ0v) is 16.8. The summed E-state index contributed by atoms with van der Waals surface area (Å²) < 4.78 is 10.6. The summed E-state index contributed by atoms with van der Waals surface area (Å²) in [6.45, 7) is 0.524. The molecule has 154 valence electrons. The molecule has 0 spiro atoms. The Hall–Kier alpha value is -3.09. The standard InChI is InChI=1S/C22H27N3O4/c1-28-19-7-6-15(14-20(19)29-2)8-13-24-22(27)17-4-3-5-18(17)25-21(26)16-9-11-23-12-10-16/h6-7,9-12,14,17-18H,3-5,8,13H2,1-2H3,(H,24,27)(H,25,26)/t17-,18+/m0/s1. The van der Waals surface area contributed by atoms with Crippen LogP contribution >= 0.6 is 0 Å². The van der Waals surface area contributed by atoms with E-state index in [-0.39, 0.29) is 23.8 Å². The fourth-order valence-electron chi connectivity index (χ4n) is 3.70. The number of aromatic nitrogens is 1. The van der Waals surface area contributed by atoms with E-state index in [4.69, 9.17) is 9.47 Å². The van der Waals surface area contributed by atoms with Gasteiger partial charge in [0, 0.05) is 30.5 Å². The maximum Gasteiger partial charge on any atom is 0.251 e. The molecule has 0 saturated heterocycles. The van der Waals surface area contributed by atoms with Crippen molar-refractivity contribution in [2.24, 2.45) is 5.92 Å². The van der Waals surface area contributed by atoms with Crippen molar-refractivity contribution in [1.29, 1.82) is 0 Å². The summed E-state index contributed by atoms with van der Waals surface area (Å²) in [6, 6.07) is 8.93. The summed E-state index contributed by atoms with van der Waals surface area (Å²) in [6.07, 6.45) is 6.37. The maximum atomic E-state index is 12.7. The monoisotopic (exact) mass is 397 g/mol. The Morgan fingerprint density at radius 3 is 2.55 bits per heavy atom. The number of benzene rings is 1. The van der Waals surface area contributed by atoms with Gasteiger partial charge >= 0.3 is 0 Å². The van der Waals surface area contributed by atoms with E-state index in [0.717, 1.165) is 24.8 Å². The molecular formula is C22H27N3O4. The molecule has 7 nitrogen and oxygen atoms in total. The fourth-order valence-corrected chi connectivity index (χ4v) is 3.70. The topological polar surface area (TPSA) is 89.6 Å². The lowest BCUT2D eigenvalue weighted by Crippen LogP contribution is -2.44. The lowest BCUT2D eigenvalue weighted by molar-refractivity contribution is -0.125. The predicted octanol–water partition coefficient (Wildman–Crippen LogP) is 2.36. The number of hydrogen-bond acceptors (Lipinski definition) is 5. The molecule has 2 N–H and O–H groups in total. The number of carbonyl (C=O) groups is 2. The van der Waals surface area contributed by atoms with Gasteiger partial charge < -0.3 is 20.1 Å². The maximum absolute atomic E-state index is 12.7. The largest absolute Gasteiger partial charge is 0.493 e. The number of nitrogens with zero attached hydrogens (tertiary/aromatic N) is 1. The molecule has 1 heterocycles. The third kappa shape index (κ3) is 5.25. The number of nitrogens with one attached hydrogen (secondary N) is 2. The first-order valence-electron chi connectivity index (χ1n) is 9.82. The summed E-state index contributed by atoms with van der Waals surface area (Å²) in [4.78, 5) is 29.0. The molecule has 1 aliphatic rings. The highest BCUT2D eigenvalue weighted by molar-refractivity contribution is 5.94. The molecule has 0 aliphatic heterocycles. The first kappa shape index (κ1) is 20.6. The Labute approximate surface area is 170 Å². The average Bonchev–Trinajstić information content (AvgIpc) is 3.22. The van der Waals surface area contributed by atoms with Gasteiger partial charge in [0.1, 0.15) is 0 Å². The molecule has 0 bridgehead atoms. The van der Waals surface area contributed by atoms with Crippen LogP contribution in [0.15, 0.2) is 42.7 Å². The highest BCUT2D eigenvalue weighted by atomic mass is 16.5. The van der Waals surface area contributed by atoms with E-state index in [2.05, 4.69) is 15.6 Å². The van der Waals surface area contributed by atoms with Crippen molar-refractivity contribution < 1.29 is 19.1 Å². The summed E-state index contributed by atoms with van der Waals surface area (Å²) in [5, 5.41) is 6.01. The zero-order chi connectivity index (χ0) is 20.6. The van der Waals surface area contributed by atoms with Crippen molar-refractivity contribution in [3.05, 3.63) is 53.9 Å². The molecule has 7 heteroatoms. The average molecular weight is 397 g/mol. The minimum atomic E-state index is -0.203. The van der Waals surface area contributed by atoms with Gasteiger partial charge in [-0.2, -0.15) is 0 Å². The summed E-state index contributed by atoms with van der Waals surface area (Å²) in [5.74, 6) is 0.974. The fraction of sp³-hybridized carbons (Fsp3) is 0.409. The Morgan fingerprint density at radius 1 is 1.07 bits per heavy atom. The van der Waals surface area contributed by atoms with Crippen LogP contribution in [0.3, 0.4) is 0 Å². The lowest BCUT2D eigenvalue weighted by Gasteiger charge is -2.20. The van der Waals surface area contributed by atoms with E-state index in [9.17, 15) is 9.59 Å². The smallest absolute Gasteiger partial charge is 0.251 e. The molecule has 0 unspecified atom stereocenters. The molecular weight excluding hydrogens is 370 g/mol. The van der Waals surface area contributed by atoms with E-state index in [0.29, 0.717) is 30.0 Å². The van der Waals surface area contributed by atoms with Crippen molar-refractivity contribution in [3.8, 4) is 11.5 Å². The molecule has 2 atom stereocenters. The van der Waals surface area contributed by atoms with E-state index in [1.54, 1.807) is 38.7 Å². The second-order valence-corrected chi connectivity index (χ2v) is 7.08. The first-order chi connectivity index (χ1) is 14.1. The Morgan fingerprint density at radius 2 is 1.83 bits per heavy atom. The molecule has 0 radical (unpaired) electrons. The zero-order valence-electron chi connectivity index (χ0n) is 16.8. The van der Waals surface area contributed by atoms with Crippen LogP contribution in [0.1, 0.15) is 35.2 Å². The predicted molar refractivity (Wildman–Crippen MR) is 109 cm³/mol. The highest BCUT2D eigenvalue weighted by Crippen LogP contribution is 2.28. The van der Waals surface area contributed by atoms with Crippen LogP contribution < -0.4 is 20.1 Å². The van der Waals surface area contributed by atoms with Crippen LogP contribution in [0.5, 0.6) is 11.5 Å². The van der Waals surface area contributed by atoms with Crippen molar-refractivity contribution in [3.63, 3.8) is 0 Å². The number of rotatable bonds is 8. The van der Waals surface area contributed by atoms with Gasteiger partial charge in [0.25, 0.3) is 5.91 Å². The Kier molecular flexibility index (Phi) is 7.05. The van der Waals surface area contributed by atoms with E-state index >= 15 is 0 Å². The molecule has 1 fully saturated rings. The van der Waals surface area contributed by atoms with Gasteiger partial charge in [-0.1, -0.05) is 12.5 Å². The number of hydrogen-bond donors (Lipinski definition) is 2. The molecule has 1 aromatic carbocycles. The van der Waals surface area contributed by atoms with Gasteiger partial charge in [-0.25, -0.2) is 0 Å². The van der Waals surface area contributed by atoms with Crippen molar-refractivity contribution in [2.75, 3.05) is 20.8 Å².